The summed E-state index contributed by atoms with van der Waals surface area (Å²) in [5.74, 6) is -1.28. The molecule has 1 unspecified atom stereocenters. The summed E-state index contributed by atoms with van der Waals surface area (Å²) in [7, 11) is -3.20. The second kappa shape index (κ2) is 4.37. The SMILES string of the molecule is O=C(O)C1(Cc2ccc(Br)s2)CCS(=O)(=O)C1. The monoisotopic (exact) mass is 338 g/mol. The van der Waals surface area contributed by atoms with Crippen molar-refractivity contribution >= 4 is 43.1 Å². The largest absolute Gasteiger partial charge is 0.481 e. The molecule has 1 aliphatic heterocycles. The summed E-state index contributed by atoms with van der Waals surface area (Å²) >= 11 is 4.76. The normalized spacial score (nSPS) is 27.1. The minimum Gasteiger partial charge on any atom is -0.481 e. The van der Waals surface area contributed by atoms with Crippen LogP contribution in [-0.2, 0) is 21.1 Å². The molecule has 1 saturated heterocycles. The van der Waals surface area contributed by atoms with E-state index < -0.39 is 21.2 Å². The molecule has 1 aliphatic rings. The summed E-state index contributed by atoms with van der Waals surface area (Å²) in [5.41, 5.74) is -1.14. The van der Waals surface area contributed by atoms with E-state index in [1.165, 1.54) is 11.3 Å². The maximum atomic E-state index is 11.5. The molecule has 0 aliphatic carbocycles. The van der Waals surface area contributed by atoms with Crippen LogP contribution in [0.15, 0.2) is 15.9 Å². The fourth-order valence-corrected chi connectivity index (χ4v) is 5.77. The third kappa shape index (κ3) is 2.71. The van der Waals surface area contributed by atoms with Gasteiger partial charge < -0.3 is 5.11 Å². The molecule has 2 heterocycles. The summed E-state index contributed by atoms with van der Waals surface area (Å²) in [6, 6.07) is 3.68. The summed E-state index contributed by atoms with van der Waals surface area (Å²) in [6.07, 6.45) is 0.498. The zero-order valence-corrected chi connectivity index (χ0v) is 12.1. The highest BCUT2D eigenvalue weighted by Crippen LogP contribution is 2.38. The van der Waals surface area contributed by atoms with Gasteiger partial charge in [-0.3, -0.25) is 4.79 Å². The topological polar surface area (TPSA) is 71.4 Å². The molecule has 0 saturated carbocycles. The minimum absolute atomic E-state index is 0.0220. The van der Waals surface area contributed by atoms with Crippen molar-refractivity contribution in [1.29, 1.82) is 0 Å². The Hall–Kier alpha value is -0.400. The molecule has 0 spiro atoms. The number of aliphatic carboxylic acids is 1. The standard InChI is InChI=1S/C10H11BrO4S2/c11-8-2-1-7(16-8)5-10(9(12)13)3-4-17(14,15)6-10/h1-2H,3-6H2,(H,12,13). The van der Waals surface area contributed by atoms with Gasteiger partial charge in [0.1, 0.15) is 0 Å². The zero-order valence-electron chi connectivity index (χ0n) is 8.85. The first-order valence-electron chi connectivity index (χ1n) is 5.01. The Morgan fingerprint density at radius 1 is 1.53 bits per heavy atom. The van der Waals surface area contributed by atoms with Gasteiger partial charge in [0.15, 0.2) is 9.84 Å². The van der Waals surface area contributed by atoms with Gasteiger partial charge in [-0.25, -0.2) is 8.42 Å². The van der Waals surface area contributed by atoms with Gasteiger partial charge in [-0.2, -0.15) is 0 Å². The summed E-state index contributed by atoms with van der Waals surface area (Å²) < 4.78 is 23.9. The first-order valence-corrected chi connectivity index (χ1v) is 8.44. The fourth-order valence-electron chi connectivity index (χ4n) is 2.08. The zero-order chi connectivity index (χ0) is 12.7. The fraction of sp³-hybridized carbons (Fsp3) is 0.500. The lowest BCUT2D eigenvalue weighted by Crippen LogP contribution is -2.34. The Bertz CT molecular complexity index is 548. The van der Waals surface area contributed by atoms with E-state index in [0.717, 1.165) is 8.66 Å². The molecule has 17 heavy (non-hydrogen) atoms. The van der Waals surface area contributed by atoms with Crippen LogP contribution in [-0.4, -0.2) is 31.0 Å². The Kier molecular flexibility index (Phi) is 3.35. The van der Waals surface area contributed by atoms with Gasteiger partial charge in [0.05, 0.1) is 20.7 Å². The van der Waals surface area contributed by atoms with Gasteiger partial charge in [-0.1, -0.05) is 0 Å². The average molecular weight is 339 g/mol. The number of carboxylic acids is 1. The van der Waals surface area contributed by atoms with Crippen LogP contribution in [0, 0.1) is 5.41 Å². The van der Waals surface area contributed by atoms with Crippen LogP contribution >= 0.6 is 27.3 Å². The van der Waals surface area contributed by atoms with E-state index in [9.17, 15) is 18.3 Å². The molecule has 7 heteroatoms. The van der Waals surface area contributed by atoms with Crippen molar-refractivity contribution in [3.8, 4) is 0 Å². The van der Waals surface area contributed by atoms with Crippen LogP contribution in [0.3, 0.4) is 0 Å². The molecule has 0 radical (unpaired) electrons. The van der Waals surface area contributed by atoms with E-state index in [0.29, 0.717) is 0 Å². The van der Waals surface area contributed by atoms with E-state index in [4.69, 9.17) is 0 Å². The smallest absolute Gasteiger partial charge is 0.311 e. The summed E-state index contributed by atoms with van der Waals surface area (Å²) in [4.78, 5) is 12.3. The molecule has 2 rings (SSSR count). The molecular weight excluding hydrogens is 328 g/mol. The second-order valence-corrected chi connectivity index (χ2v) is 9.04. The van der Waals surface area contributed by atoms with Gasteiger partial charge in [-0.05, 0) is 40.9 Å². The highest BCUT2D eigenvalue weighted by atomic mass is 79.9. The van der Waals surface area contributed by atoms with E-state index in [1.807, 2.05) is 12.1 Å². The molecule has 1 atom stereocenters. The summed E-state index contributed by atoms with van der Waals surface area (Å²) in [6.45, 7) is 0. The molecule has 1 aromatic rings. The third-order valence-corrected chi connectivity index (χ3v) is 6.43. The quantitative estimate of drug-likeness (QED) is 0.914. The molecule has 94 valence electrons. The van der Waals surface area contributed by atoms with E-state index in [1.54, 1.807) is 0 Å². The van der Waals surface area contributed by atoms with E-state index in [2.05, 4.69) is 15.9 Å². The minimum atomic E-state index is -3.20. The van der Waals surface area contributed by atoms with Crippen LogP contribution in [0.1, 0.15) is 11.3 Å². The van der Waals surface area contributed by atoms with Crippen molar-refractivity contribution in [1.82, 2.24) is 0 Å². The van der Waals surface area contributed by atoms with Crippen molar-refractivity contribution in [2.75, 3.05) is 11.5 Å². The van der Waals surface area contributed by atoms with E-state index >= 15 is 0 Å². The molecule has 0 aromatic carbocycles. The lowest BCUT2D eigenvalue weighted by atomic mass is 9.83. The predicted octanol–water partition coefficient (Wildman–Crippen LogP) is 1.94. The van der Waals surface area contributed by atoms with Crippen molar-refractivity contribution in [3.05, 3.63) is 20.8 Å². The number of hydrogen-bond acceptors (Lipinski definition) is 4. The van der Waals surface area contributed by atoms with Gasteiger partial charge in [0, 0.05) is 4.88 Å². The number of halogens is 1. The first-order chi connectivity index (χ1) is 7.83. The molecule has 0 bridgehead atoms. The van der Waals surface area contributed by atoms with Crippen molar-refractivity contribution in [2.45, 2.75) is 12.8 Å². The van der Waals surface area contributed by atoms with Crippen LogP contribution in [0.5, 0.6) is 0 Å². The lowest BCUT2D eigenvalue weighted by Gasteiger charge is -2.21. The predicted molar refractivity (Wildman–Crippen MR) is 69.1 cm³/mol. The van der Waals surface area contributed by atoms with Crippen LogP contribution in [0.25, 0.3) is 0 Å². The van der Waals surface area contributed by atoms with Crippen LogP contribution < -0.4 is 0 Å². The maximum Gasteiger partial charge on any atom is 0.311 e. The van der Waals surface area contributed by atoms with E-state index in [-0.39, 0.29) is 24.3 Å². The molecule has 1 fully saturated rings. The Balaban J connectivity index is 2.28. The van der Waals surface area contributed by atoms with Gasteiger partial charge in [-0.15, -0.1) is 11.3 Å². The Morgan fingerprint density at radius 3 is 2.65 bits per heavy atom. The molecule has 1 N–H and O–H groups in total. The van der Waals surface area contributed by atoms with Crippen molar-refractivity contribution < 1.29 is 18.3 Å². The molecule has 1 aromatic heterocycles. The Morgan fingerprint density at radius 2 is 2.24 bits per heavy atom. The number of carbonyl (C=O) groups is 1. The average Bonchev–Trinajstić information content (AvgIpc) is 2.72. The van der Waals surface area contributed by atoms with Gasteiger partial charge in [0.2, 0.25) is 0 Å². The van der Waals surface area contributed by atoms with Gasteiger partial charge in [0.25, 0.3) is 0 Å². The highest BCUT2D eigenvalue weighted by Gasteiger charge is 2.48. The number of rotatable bonds is 3. The summed E-state index contributed by atoms with van der Waals surface area (Å²) in [5, 5.41) is 9.29. The third-order valence-electron chi connectivity index (χ3n) is 2.98. The molecule has 0 amide bonds. The number of thiophene rings is 1. The van der Waals surface area contributed by atoms with Crippen LogP contribution in [0.4, 0.5) is 0 Å². The molecule has 4 nitrogen and oxygen atoms in total. The highest BCUT2D eigenvalue weighted by molar-refractivity contribution is 9.11. The van der Waals surface area contributed by atoms with Crippen molar-refractivity contribution in [2.24, 2.45) is 5.41 Å². The Labute approximate surface area is 112 Å². The maximum absolute atomic E-state index is 11.5. The number of sulfone groups is 1. The first kappa shape index (κ1) is 13.0. The van der Waals surface area contributed by atoms with Crippen LogP contribution in [0.2, 0.25) is 0 Å². The van der Waals surface area contributed by atoms with Gasteiger partial charge >= 0.3 is 5.97 Å². The lowest BCUT2D eigenvalue weighted by molar-refractivity contribution is -0.147. The number of carboxylic acid groups (broad SMARTS) is 1. The van der Waals surface area contributed by atoms with Crippen molar-refractivity contribution in [3.63, 3.8) is 0 Å². The second-order valence-electron chi connectivity index (χ2n) is 4.31. The molecular formula is C10H11BrO4S2. The number of hydrogen-bond donors (Lipinski definition) is 1.